The zero-order valence-corrected chi connectivity index (χ0v) is 9.36. The Labute approximate surface area is 98.7 Å². The van der Waals surface area contributed by atoms with Gasteiger partial charge in [-0.15, -0.1) is 0 Å². The Morgan fingerprint density at radius 1 is 1.41 bits per heavy atom. The van der Waals surface area contributed by atoms with Crippen LogP contribution < -0.4 is 5.32 Å². The number of nitrogens with zero attached hydrogens (tertiary/aromatic N) is 1. The number of benzene rings is 1. The van der Waals surface area contributed by atoms with Gasteiger partial charge in [0.2, 0.25) is 5.91 Å². The van der Waals surface area contributed by atoms with E-state index in [1.165, 1.54) is 0 Å². The van der Waals surface area contributed by atoms with Crippen LogP contribution in [-0.4, -0.2) is 15.9 Å². The van der Waals surface area contributed by atoms with Crippen molar-refractivity contribution in [3.8, 4) is 0 Å². The van der Waals surface area contributed by atoms with Crippen molar-refractivity contribution in [1.29, 1.82) is 0 Å². The first-order valence-electron chi connectivity index (χ1n) is 5.66. The van der Waals surface area contributed by atoms with Gasteiger partial charge in [0.15, 0.2) is 0 Å². The summed E-state index contributed by atoms with van der Waals surface area (Å²) in [5, 5.41) is 2.81. The molecule has 1 fully saturated rings. The highest BCUT2D eigenvalue weighted by molar-refractivity contribution is 5.87. The van der Waals surface area contributed by atoms with Crippen LogP contribution in [0.1, 0.15) is 24.3 Å². The molecule has 1 aromatic heterocycles. The molecule has 1 unspecified atom stereocenters. The number of nitrogens with one attached hydrogen (secondary N) is 2. The van der Waals surface area contributed by atoms with E-state index in [0.29, 0.717) is 0 Å². The number of amides is 1. The maximum atomic E-state index is 11.9. The molecule has 1 aromatic carbocycles. The van der Waals surface area contributed by atoms with Gasteiger partial charge < -0.3 is 10.3 Å². The van der Waals surface area contributed by atoms with E-state index in [4.69, 9.17) is 0 Å². The molecule has 0 bridgehead atoms. The normalized spacial score (nSPS) is 20.6. The Balaban J connectivity index is 1.97. The lowest BCUT2D eigenvalue weighted by atomic mass is 9.90. The predicted octanol–water partition coefficient (Wildman–Crippen LogP) is 2.07. The van der Waals surface area contributed by atoms with E-state index in [-0.39, 0.29) is 11.8 Å². The van der Waals surface area contributed by atoms with Gasteiger partial charge in [-0.3, -0.25) is 4.79 Å². The van der Waals surface area contributed by atoms with Gasteiger partial charge in [0.1, 0.15) is 0 Å². The number of aromatic nitrogens is 2. The van der Waals surface area contributed by atoms with E-state index in [1.807, 2.05) is 18.2 Å². The van der Waals surface area contributed by atoms with Crippen LogP contribution in [0, 0.1) is 0 Å². The molecule has 2 N–H and O–H groups in total. The number of allylic oxidation sites excluding steroid dienone is 1. The molecule has 1 saturated heterocycles. The fraction of sp³-hybridized carbons (Fsp3) is 0.231. The molecule has 4 heteroatoms. The first-order valence-corrected chi connectivity index (χ1v) is 5.66. The summed E-state index contributed by atoms with van der Waals surface area (Å²) >= 11 is 0. The van der Waals surface area contributed by atoms with Gasteiger partial charge in [-0.2, -0.15) is 0 Å². The van der Waals surface area contributed by atoms with Crippen LogP contribution >= 0.6 is 0 Å². The lowest BCUT2D eigenvalue weighted by Gasteiger charge is -2.23. The number of fused-ring (bicyclic) bond motifs is 1. The molecule has 86 valence electrons. The van der Waals surface area contributed by atoms with E-state index < -0.39 is 0 Å². The zero-order valence-electron chi connectivity index (χ0n) is 9.36. The number of hydrogen-bond acceptors (Lipinski definition) is 2. The number of imidazole rings is 1. The highest BCUT2D eigenvalue weighted by atomic mass is 16.1. The van der Waals surface area contributed by atoms with Crippen molar-refractivity contribution in [1.82, 2.24) is 15.3 Å². The quantitative estimate of drug-likeness (QED) is 0.783. The smallest absolute Gasteiger partial charge is 0.231 e. The van der Waals surface area contributed by atoms with E-state index >= 15 is 0 Å². The van der Waals surface area contributed by atoms with E-state index in [1.54, 1.807) is 6.33 Å². The third kappa shape index (κ3) is 1.71. The molecule has 0 spiro atoms. The van der Waals surface area contributed by atoms with Crippen molar-refractivity contribution >= 4 is 16.9 Å². The molecule has 1 aliphatic heterocycles. The third-order valence-electron chi connectivity index (χ3n) is 3.20. The molecule has 1 amide bonds. The van der Waals surface area contributed by atoms with Gasteiger partial charge in [-0.05, 0) is 30.5 Å². The fourth-order valence-electron chi connectivity index (χ4n) is 2.26. The van der Waals surface area contributed by atoms with Gasteiger partial charge >= 0.3 is 0 Å². The van der Waals surface area contributed by atoms with Crippen LogP contribution in [0.4, 0.5) is 0 Å². The Hall–Kier alpha value is -2.10. The first-order chi connectivity index (χ1) is 8.24. The largest absolute Gasteiger partial charge is 0.345 e. The summed E-state index contributed by atoms with van der Waals surface area (Å²) < 4.78 is 0. The minimum Gasteiger partial charge on any atom is -0.345 e. The highest BCUT2D eigenvalue weighted by Gasteiger charge is 2.25. The van der Waals surface area contributed by atoms with Crippen molar-refractivity contribution < 1.29 is 4.79 Å². The number of carbonyl (C=O) groups excluding carboxylic acids is 1. The molecule has 1 atom stereocenters. The van der Waals surface area contributed by atoms with Gasteiger partial charge in [0.25, 0.3) is 0 Å². The van der Waals surface area contributed by atoms with Crippen LogP contribution in [0.3, 0.4) is 0 Å². The molecule has 0 radical (unpaired) electrons. The second-order valence-electron chi connectivity index (χ2n) is 4.36. The van der Waals surface area contributed by atoms with E-state index in [2.05, 4.69) is 21.9 Å². The Morgan fingerprint density at radius 2 is 2.29 bits per heavy atom. The zero-order chi connectivity index (χ0) is 11.8. The summed E-state index contributed by atoms with van der Waals surface area (Å²) in [4.78, 5) is 19.1. The minimum absolute atomic E-state index is 0.0418. The summed E-state index contributed by atoms with van der Waals surface area (Å²) in [6, 6.07) is 5.92. The molecule has 4 nitrogen and oxygen atoms in total. The van der Waals surface area contributed by atoms with Gasteiger partial charge in [-0.25, -0.2) is 4.98 Å². The number of H-pyrrole nitrogens is 1. The van der Waals surface area contributed by atoms with Crippen molar-refractivity contribution in [2.75, 3.05) is 0 Å². The summed E-state index contributed by atoms with van der Waals surface area (Å²) in [5.41, 5.74) is 3.75. The lowest BCUT2D eigenvalue weighted by Crippen LogP contribution is -2.33. The third-order valence-corrected chi connectivity index (χ3v) is 3.20. The Morgan fingerprint density at radius 3 is 3.12 bits per heavy atom. The van der Waals surface area contributed by atoms with Crippen molar-refractivity contribution in [2.45, 2.75) is 18.8 Å². The molecule has 1 aliphatic rings. The fourth-order valence-corrected chi connectivity index (χ4v) is 2.26. The lowest BCUT2D eigenvalue weighted by molar-refractivity contribution is -0.122. The van der Waals surface area contributed by atoms with Gasteiger partial charge in [-0.1, -0.05) is 12.6 Å². The topological polar surface area (TPSA) is 57.8 Å². The van der Waals surface area contributed by atoms with Crippen molar-refractivity contribution in [3.63, 3.8) is 0 Å². The number of aromatic amines is 1. The number of hydrogen-bond donors (Lipinski definition) is 2. The summed E-state index contributed by atoms with van der Waals surface area (Å²) in [5.74, 6) is -0.0340. The molecular weight excluding hydrogens is 214 g/mol. The highest BCUT2D eigenvalue weighted by Crippen LogP contribution is 2.28. The van der Waals surface area contributed by atoms with Gasteiger partial charge in [0, 0.05) is 5.70 Å². The average molecular weight is 227 g/mol. The van der Waals surface area contributed by atoms with Crippen LogP contribution in [-0.2, 0) is 4.79 Å². The monoisotopic (exact) mass is 227 g/mol. The van der Waals surface area contributed by atoms with Crippen molar-refractivity contribution in [3.05, 3.63) is 42.4 Å². The summed E-state index contributed by atoms with van der Waals surface area (Å²) in [6.45, 7) is 3.79. The number of rotatable bonds is 1. The maximum absolute atomic E-state index is 11.9. The van der Waals surface area contributed by atoms with Crippen LogP contribution in [0.5, 0.6) is 0 Å². The Kier molecular flexibility index (Phi) is 2.21. The molecule has 0 aliphatic carbocycles. The molecule has 0 saturated carbocycles. The minimum atomic E-state index is -0.0757. The van der Waals surface area contributed by atoms with Crippen molar-refractivity contribution in [2.24, 2.45) is 0 Å². The molecule has 2 aromatic rings. The summed E-state index contributed by atoms with van der Waals surface area (Å²) in [7, 11) is 0. The summed E-state index contributed by atoms with van der Waals surface area (Å²) in [6.07, 6.45) is 3.33. The number of piperidine rings is 1. The maximum Gasteiger partial charge on any atom is 0.231 e. The molecule has 3 rings (SSSR count). The average Bonchev–Trinajstić information content (AvgIpc) is 2.75. The number of carbonyl (C=O) groups is 1. The Bertz CT molecular complexity index is 599. The molecule has 17 heavy (non-hydrogen) atoms. The predicted molar refractivity (Wildman–Crippen MR) is 65.4 cm³/mol. The van der Waals surface area contributed by atoms with Gasteiger partial charge in [0.05, 0.1) is 23.3 Å². The van der Waals surface area contributed by atoms with E-state index in [9.17, 15) is 4.79 Å². The van der Waals surface area contributed by atoms with Crippen LogP contribution in [0.25, 0.3) is 11.0 Å². The second kappa shape index (κ2) is 3.73. The van der Waals surface area contributed by atoms with Crippen LogP contribution in [0.2, 0.25) is 0 Å². The van der Waals surface area contributed by atoms with E-state index in [0.717, 1.165) is 35.1 Å². The molecule has 2 heterocycles. The SMILES string of the molecule is C=C1CCC(c2ccc3nc[nH]c3c2)C(=O)N1. The molecular formula is C13H13N3O. The second-order valence-corrected chi connectivity index (χ2v) is 4.36. The van der Waals surface area contributed by atoms with Crippen LogP contribution in [0.15, 0.2) is 36.8 Å². The first kappa shape index (κ1) is 10.1. The standard InChI is InChI=1S/C13H13N3O/c1-8-2-4-10(13(17)16-8)9-3-5-11-12(6-9)15-7-14-11/h3,5-7,10H,1-2,4H2,(H,14,15)(H,16,17).